The summed E-state index contributed by atoms with van der Waals surface area (Å²) in [6, 6.07) is 0. The highest BCUT2D eigenvalue weighted by Crippen LogP contribution is 2.42. The molecule has 0 aliphatic carbocycles. The highest BCUT2D eigenvalue weighted by Gasteiger charge is 2.23. The van der Waals surface area contributed by atoms with Gasteiger partial charge in [-0.15, -0.1) is 0 Å². The summed E-state index contributed by atoms with van der Waals surface area (Å²) in [5, 5.41) is 2.94. The van der Waals surface area contributed by atoms with Gasteiger partial charge in [0.1, 0.15) is 6.10 Å². The van der Waals surface area contributed by atoms with Crippen LogP contribution in [0.5, 0.6) is 0 Å². The summed E-state index contributed by atoms with van der Waals surface area (Å²) in [5.41, 5.74) is 0. The maximum absolute atomic E-state index is 12.1. The van der Waals surface area contributed by atoms with Crippen molar-refractivity contribution in [3.63, 3.8) is 0 Å². The maximum Gasteiger partial charge on any atom is 0.328 e. The van der Waals surface area contributed by atoms with Crippen molar-refractivity contribution in [1.82, 2.24) is 5.32 Å². The Morgan fingerprint density at radius 3 is 1.97 bits per heavy atom. The third-order valence-electron chi connectivity index (χ3n) is 6.17. The SMILES string of the molecule is CCCCCCCCCCCCCCC(C)COCC(COP(=O)(O)CCCNC)OC(=O)CC. The molecule has 3 atom stereocenters. The second kappa shape index (κ2) is 23.9. The molecule has 0 aromatic rings. The van der Waals surface area contributed by atoms with Crippen molar-refractivity contribution in [2.45, 2.75) is 123 Å². The molecule has 0 aliphatic rings. The summed E-state index contributed by atoms with van der Waals surface area (Å²) in [6.45, 7) is 7.41. The highest BCUT2D eigenvalue weighted by molar-refractivity contribution is 7.52. The van der Waals surface area contributed by atoms with Crippen LogP contribution in [-0.2, 0) is 23.4 Å². The van der Waals surface area contributed by atoms with Crippen LogP contribution in [0, 0.1) is 5.92 Å². The summed E-state index contributed by atoms with van der Waals surface area (Å²) in [6.07, 6.45) is 17.5. The van der Waals surface area contributed by atoms with Crippen LogP contribution in [0.25, 0.3) is 0 Å². The van der Waals surface area contributed by atoms with E-state index >= 15 is 0 Å². The Balaban J connectivity index is 3.93. The van der Waals surface area contributed by atoms with E-state index in [-0.39, 0.29) is 31.8 Å². The minimum atomic E-state index is -3.70. The highest BCUT2D eigenvalue weighted by atomic mass is 31.2. The second-order valence-corrected chi connectivity index (χ2v) is 11.9. The van der Waals surface area contributed by atoms with Gasteiger partial charge in [0.05, 0.1) is 19.4 Å². The number of nitrogens with one attached hydrogen (secondary N) is 1. The van der Waals surface area contributed by atoms with E-state index in [9.17, 15) is 14.3 Å². The predicted molar refractivity (Wildman–Crippen MR) is 145 cm³/mol. The zero-order chi connectivity index (χ0) is 26.2. The summed E-state index contributed by atoms with van der Waals surface area (Å²) in [4.78, 5) is 21.7. The fourth-order valence-corrected chi connectivity index (χ4v) is 5.01. The number of unbranched alkanes of at least 4 members (excludes halogenated alkanes) is 11. The Morgan fingerprint density at radius 1 is 0.857 bits per heavy atom. The molecule has 7 nitrogen and oxygen atoms in total. The van der Waals surface area contributed by atoms with Crippen molar-refractivity contribution in [3.05, 3.63) is 0 Å². The van der Waals surface area contributed by atoms with Gasteiger partial charge >= 0.3 is 13.6 Å². The molecular weight excluding hydrogens is 465 g/mol. The quantitative estimate of drug-likeness (QED) is 0.0729. The molecule has 0 saturated heterocycles. The third kappa shape index (κ3) is 23.7. The van der Waals surface area contributed by atoms with Gasteiger partial charge in [0, 0.05) is 13.0 Å². The summed E-state index contributed by atoms with van der Waals surface area (Å²) < 4.78 is 28.5. The van der Waals surface area contributed by atoms with Gasteiger partial charge in [-0.05, 0) is 32.4 Å². The van der Waals surface area contributed by atoms with E-state index in [1.165, 1.54) is 77.0 Å². The molecule has 35 heavy (non-hydrogen) atoms. The Morgan fingerprint density at radius 2 is 1.43 bits per heavy atom. The van der Waals surface area contributed by atoms with Crippen molar-refractivity contribution in [2.24, 2.45) is 5.92 Å². The van der Waals surface area contributed by atoms with E-state index in [0.717, 1.165) is 6.42 Å². The smallest absolute Gasteiger partial charge is 0.328 e. The lowest BCUT2D eigenvalue weighted by Gasteiger charge is -2.21. The standard InChI is InChI=1S/C27H56NO6P/c1-5-7-8-9-10-11-12-13-14-15-16-17-19-25(3)22-32-23-26(34-27(29)6-2)24-33-35(30,31)21-18-20-28-4/h25-26,28H,5-24H2,1-4H3,(H,30,31). The van der Waals surface area contributed by atoms with Crippen LogP contribution in [0.3, 0.4) is 0 Å². The van der Waals surface area contributed by atoms with Gasteiger partial charge in [-0.3, -0.25) is 9.36 Å². The monoisotopic (exact) mass is 521 g/mol. The van der Waals surface area contributed by atoms with Crippen LogP contribution in [0.15, 0.2) is 0 Å². The predicted octanol–water partition coefficient (Wildman–Crippen LogP) is 6.86. The number of esters is 1. The minimum absolute atomic E-state index is 0.0687. The molecule has 0 aromatic heterocycles. The summed E-state index contributed by atoms with van der Waals surface area (Å²) in [7, 11) is -1.91. The van der Waals surface area contributed by atoms with Crippen LogP contribution >= 0.6 is 7.60 Å². The molecule has 0 heterocycles. The number of hydrogen-bond donors (Lipinski definition) is 2. The van der Waals surface area contributed by atoms with Crippen molar-refractivity contribution < 1.29 is 28.3 Å². The first-order valence-electron chi connectivity index (χ1n) is 14.2. The van der Waals surface area contributed by atoms with Crippen LogP contribution in [0.4, 0.5) is 0 Å². The molecule has 0 fully saturated rings. The van der Waals surface area contributed by atoms with Crippen molar-refractivity contribution in [1.29, 1.82) is 0 Å². The minimum Gasteiger partial charge on any atom is -0.457 e. The van der Waals surface area contributed by atoms with E-state index in [1.54, 1.807) is 14.0 Å². The number of carbonyl (C=O) groups excluding carboxylic acids is 1. The lowest BCUT2D eigenvalue weighted by Crippen LogP contribution is -2.29. The zero-order valence-electron chi connectivity index (χ0n) is 23.2. The second-order valence-electron chi connectivity index (χ2n) is 9.90. The molecule has 0 amide bonds. The average molecular weight is 522 g/mol. The van der Waals surface area contributed by atoms with Crippen LogP contribution in [-0.4, -0.2) is 56.5 Å². The van der Waals surface area contributed by atoms with Gasteiger partial charge in [-0.1, -0.05) is 97.8 Å². The van der Waals surface area contributed by atoms with Gasteiger partial charge in [-0.25, -0.2) is 0 Å². The zero-order valence-corrected chi connectivity index (χ0v) is 24.1. The lowest BCUT2D eigenvalue weighted by molar-refractivity contribution is -0.154. The van der Waals surface area contributed by atoms with Gasteiger partial charge in [0.15, 0.2) is 0 Å². The third-order valence-corrected chi connectivity index (χ3v) is 7.61. The first kappa shape index (κ1) is 34.5. The van der Waals surface area contributed by atoms with Gasteiger partial charge in [0.25, 0.3) is 0 Å². The molecule has 0 bridgehead atoms. The van der Waals surface area contributed by atoms with E-state index in [2.05, 4.69) is 19.2 Å². The molecule has 0 rings (SSSR count). The maximum atomic E-state index is 12.1. The summed E-state index contributed by atoms with van der Waals surface area (Å²) >= 11 is 0. The Hall–Kier alpha value is -0.460. The Bertz CT molecular complexity index is 534. The fourth-order valence-electron chi connectivity index (χ4n) is 3.92. The fraction of sp³-hybridized carbons (Fsp3) is 0.963. The lowest BCUT2D eigenvalue weighted by atomic mass is 10.0. The van der Waals surface area contributed by atoms with E-state index in [1.807, 2.05) is 0 Å². The molecule has 0 spiro atoms. The van der Waals surface area contributed by atoms with E-state index in [0.29, 0.717) is 25.5 Å². The molecule has 8 heteroatoms. The molecule has 0 saturated carbocycles. The first-order chi connectivity index (χ1) is 16.8. The average Bonchev–Trinajstić information content (AvgIpc) is 2.83. The van der Waals surface area contributed by atoms with Gasteiger partial charge in [0.2, 0.25) is 0 Å². The molecule has 210 valence electrons. The molecule has 0 radical (unpaired) electrons. The molecule has 3 unspecified atom stereocenters. The van der Waals surface area contributed by atoms with Crippen molar-refractivity contribution in [2.75, 3.05) is 39.6 Å². The summed E-state index contributed by atoms with van der Waals surface area (Å²) in [5.74, 6) is 0.0572. The van der Waals surface area contributed by atoms with Crippen molar-refractivity contribution in [3.8, 4) is 0 Å². The Labute approximate surface area is 216 Å². The Kier molecular flexibility index (Phi) is 23.6. The van der Waals surface area contributed by atoms with Crippen molar-refractivity contribution >= 4 is 13.6 Å². The van der Waals surface area contributed by atoms with Crippen LogP contribution < -0.4 is 5.32 Å². The first-order valence-corrected chi connectivity index (χ1v) is 16.0. The number of hydrogen-bond acceptors (Lipinski definition) is 6. The van der Waals surface area contributed by atoms with Crippen LogP contribution in [0.1, 0.15) is 117 Å². The largest absolute Gasteiger partial charge is 0.457 e. The molecule has 2 N–H and O–H groups in total. The van der Waals surface area contributed by atoms with E-state index in [4.69, 9.17) is 14.0 Å². The molecule has 0 aliphatic heterocycles. The topological polar surface area (TPSA) is 94.1 Å². The van der Waals surface area contributed by atoms with Crippen LogP contribution in [0.2, 0.25) is 0 Å². The number of carbonyl (C=O) groups is 1. The normalized spacial score (nSPS) is 15.0. The molecular formula is C27H56NO6P. The van der Waals surface area contributed by atoms with Gasteiger partial charge < -0.3 is 24.2 Å². The molecule has 0 aromatic carbocycles. The van der Waals surface area contributed by atoms with E-state index < -0.39 is 13.7 Å². The van der Waals surface area contributed by atoms with Gasteiger partial charge in [-0.2, -0.15) is 0 Å². The number of ether oxygens (including phenoxy) is 2. The number of rotatable bonds is 26.